The van der Waals surface area contributed by atoms with Crippen molar-refractivity contribution >= 4 is 17.6 Å². The first-order valence-electron chi connectivity index (χ1n) is 9.48. The largest absolute Gasteiger partial charge is 0.356 e. The van der Waals surface area contributed by atoms with E-state index in [1.54, 1.807) is 7.05 Å². The monoisotopic (exact) mass is 382 g/mol. The van der Waals surface area contributed by atoms with Gasteiger partial charge in [0.1, 0.15) is 5.82 Å². The van der Waals surface area contributed by atoms with Gasteiger partial charge in [0.15, 0.2) is 5.96 Å². The van der Waals surface area contributed by atoms with Crippen LogP contribution in [-0.4, -0.2) is 32.0 Å². The molecule has 0 aliphatic carbocycles. The van der Waals surface area contributed by atoms with Gasteiger partial charge in [0.05, 0.1) is 0 Å². The minimum atomic E-state index is -0.234. The SMILES string of the molecule is CN=C(NCC1CC(=O)Nc2ccccc21)NCC(C)(C)c1ccc(F)cc1. The number of benzene rings is 2. The van der Waals surface area contributed by atoms with Crippen LogP contribution in [0.4, 0.5) is 10.1 Å². The molecule has 0 aromatic heterocycles. The molecule has 0 spiro atoms. The predicted octanol–water partition coefficient (Wildman–Crippen LogP) is 3.39. The van der Waals surface area contributed by atoms with Gasteiger partial charge in [-0.25, -0.2) is 4.39 Å². The molecule has 1 amide bonds. The minimum absolute atomic E-state index is 0.0332. The molecule has 148 valence electrons. The summed E-state index contributed by atoms with van der Waals surface area (Å²) in [6.07, 6.45) is 0.447. The molecule has 5 nitrogen and oxygen atoms in total. The maximum absolute atomic E-state index is 13.2. The number of carbonyl (C=O) groups excluding carboxylic acids is 1. The molecule has 1 aliphatic rings. The van der Waals surface area contributed by atoms with Gasteiger partial charge in [-0.1, -0.05) is 44.2 Å². The highest BCUT2D eigenvalue weighted by molar-refractivity contribution is 5.94. The van der Waals surface area contributed by atoms with E-state index < -0.39 is 0 Å². The van der Waals surface area contributed by atoms with Crippen molar-refractivity contribution in [3.63, 3.8) is 0 Å². The summed E-state index contributed by atoms with van der Waals surface area (Å²) in [6, 6.07) is 14.5. The summed E-state index contributed by atoms with van der Waals surface area (Å²) in [4.78, 5) is 16.3. The Balaban J connectivity index is 1.60. The van der Waals surface area contributed by atoms with Crippen LogP contribution in [0, 0.1) is 5.82 Å². The molecule has 0 fully saturated rings. The van der Waals surface area contributed by atoms with E-state index in [1.165, 1.54) is 12.1 Å². The van der Waals surface area contributed by atoms with Crippen molar-refractivity contribution < 1.29 is 9.18 Å². The normalized spacial score (nSPS) is 16.9. The summed E-state index contributed by atoms with van der Waals surface area (Å²) in [6.45, 7) is 5.45. The van der Waals surface area contributed by atoms with Gasteiger partial charge in [-0.15, -0.1) is 0 Å². The van der Waals surface area contributed by atoms with Gasteiger partial charge in [-0.3, -0.25) is 9.79 Å². The lowest BCUT2D eigenvalue weighted by atomic mass is 9.84. The van der Waals surface area contributed by atoms with Crippen LogP contribution in [0.25, 0.3) is 0 Å². The van der Waals surface area contributed by atoms with Gasteiger partial charge in [-0.05, 0) is 29.3 Å². The Morgan fingerprint density at radius 3 is 2.61 bits per heavy atom. The number of halogens is 1. The Hall–Kier alpha value is -2.89. The smallest absolute Gasteiger partial charge is 0.225 e. The van der Waals surface area contributed by atoms with Gasteiger partial charge in [0.25, 0.3) is 0 Å². The third-order valence-electron chi connectivity index (χ3n) is 5.17. The number of hydrogen-bond acceptors (Lipinski definition) is 2. The number of nitrogens with one attached hydrogen (secondary N) is 3. The molecule has 2 aromatic rings. The van der Waals surface area contributed by atoms with Crippen molar-refractivity contribution in [2.24, 2.45) is 4.99 Å². The van der Waals surface area contributed by atoms with Gasteiger partial charge >= 0.3 is 0 Å². The van der Waals surface area contributed by atoms with Crippen LogP contribution in [0.3, 0.4) is 0 Å². The average Bonchev–Trinajstić information content (AvgIpc) is 2.68. The zero-order valence-corrected chi connectivity index (χ0v) is 16.6. The minimum Gasteiger partial charge on any atom is -0.356 e. The van der Waals surface area contributed by atoms with E-state index in [0.717, 1.165) is 16.8 Å². The molecule has 1 atom stereocenters. The molecule has 28 heavy (non-hydrogen) atoms. The highest BCUT2D eigenvalue weighted by Gasteiger charge is 2.25. The van der Waals surface area contributed by atoms with Crippen molar-refractivity contribution in [2.45, 2.75) is 31.6 Å². The van der Waals surface area contributed by atoms with Crippen molar-refractivity contribution in [1.29, 1.82) is 0 Å². The fourth-order valence-electron chi connectivity index (χ4n) is 3.43. The fraction of sp³-hybridized carbons (Fsp3) is 0.364. The molecule has 1 aliphatic heterocycles. The summed E-state index contributed by atoms with van der Waals surface area (Å²) in [5.41, 5.74) is 2.88. The van der Waals surface area contributed by atoms with Crippen LogP contribution in [0.15, 0.2) is 53.5 Å². The Kier molecular flexibility index (Phi) is 5.97. The van der Waals surface area contributed by atoms with Crippen LogP contribution >= 0.6 is 0 Å². The lowest BCUT2D eigenvalue weighted by Gasteiger charge is -2.28. The number of carbonyl (C=O) groups is 1. The zero-order valence-electron chi connectivity index (χ0n) is 16.6. The van der Waals surface area contributed by atoms with Crippen molar-refractivity contribution in [3.05, 3.63) is 65.5 Å². The van der Waals surface area contributed by atoms with E-state index in [1.807, 2.05) is 30.3 Å². The second-order valence-electron chi connectivity index (χ2n) is 7.73. The molecule has 1 heterocycles. The maximum atomic E-state index is 13.2. The molecule has 1 unspecified atom stereocenters. The number of aliphatic imine (C=N–C) groups is 1. The molecule has 3 rings (SSSR count). The quantitative estimate of drug-likeness (QED) is 0.549. The Morgan fingerprint density at radius 1 is 1.18 bits per heavy atom. The molecule has 0 bridgehead atoms. The van der Waals surface area contributed by atoms with Crippen LogP contribution < -0.4 is 16.0 Å². The molecule has 0 saturated carbocycles. The second kappa shape index (κ2) is 8.42. The first-order valence-corrected chi connectivity index (χ1v) is 9.48. The number of guanidine groups is 1. The topological polar surface area (TPSA) is 65.5 Å². The van der Waals surface area contributed by atoms with E-state index in [4.69, 9.17) is 0 Å². The number of fused-ring (bicyclic) bond motifs is 1. The highest BCUT2D eigenvalue weighted by Crippen LogP contribution is 2.31. The number of para-hydroxylation sites is 1. The van der Waals surface area contributed by atoms with Crippen LogP contribution in [0.5, 0.6) is 0 Å². The van der Waals surface area contributed by atoms with Gasteiger partial charge < -0.3 is 16.0 Å². The summed E-state index contributed by atoms with van der Waals surface area (Å²) in [5.74, 6) is 0.569. The third kappa shape index (κ3) is 4.68. The number of rotatable bonds is 5. The van der Waals surface area contributed by atoms with Crippen molar-refractivity contribution in [3.8, 4) is 0 Å². The van der Waals surface area contributed by atoms with E-state index in [0.29, 0.717) is 25.5 Å². The van der Waals surface area contributed by atoms with Crippen molar-refractivity contribution in [1.82, 2.24) is 10.6 Å². The van der Waals surface area contributed by atoms with E-state index in [2.05, 4.69) is 40.9 Å². The molecule has 3 N–H and O–H groups in total. The summed E-state index contributed by atoms with van der Waals surface area (Å²) in [7, 11) is 1.72. The fourth-order valence-corrected chi connectivity index (χ4v) is 3.43. The Labute approximate surface area is 165 Å². The molecule has 0 saturated heterocycles. The van der Waals surface area contributed by atoms with Crippen LogP contribution in [0.1, 0.15) is 37.3 Å². The summed E-state index contributed by atoms with van der Waals surface area (Å²) < 4.78 is 13.2. The van der Waals surface area contributed by atoms with E-state index in [9.17, 15) is 9.18 Å². The number of nitrogens with zero attached hydrogens (tertiary/aromatic N) is 1. The standard InChI is InChI=1S/C22H27FN4O/c1-22(2,16-8-10-17(23)11-9-16)14-26-21(24-3)25-13-15-12-20(28)27-19-7-5-4-6-18(15)19/h4-11,15H,12-14H2,1-3H3,(H,27,28)(H2,24,25,26). The van der Waals surface area contributed by atoms with Gasteiger partial charge in [-0.2, -0.15) is 0 Å². The average molecular weight is 382 g/mol. The number of hydrogen-bond donors (Lipinski definition) is 3. The molecule has 6 heteroatoms. The Morgan fingerprint density at radius 2 is 1.89 bits per heavy atom. The Bertz CT molecular complexity index is 861. The second-order valence-corrected chi connectivity index (χ2v) is 7.73. The van der Waals surface area contributed by atoms with Gasteiger partial charge in [0, 0.05) is 43.6 Å². The highest BCUT2D eigenvalue weighted by atomic mass is 19.1. The lowest BCUT2D eigenvalue weighted by Crippen LogP contribution is -2.45. The lowest BCUT2D eigenvalue weighted by molar-refractivity contribution is -0.116. The molecule has 0 radical (unpaired) electrons. The molecular formula is C22H27FN4O. The van der Waals surface area contributed by atoms with Gasteiger partial charge in [0.2, 0.25) is 5.91 Å². The summed E-state index contributed by atoms with van der Waals surface area (Å²) in [5, 5.41) is 9.59. The first kappa shape index (κ1) is 19.9. The number of amides is 1. The molecule has 2 aromatic carbocycles. The van der Waals surface area contributed by atoms with Crippen molar-refractivity contribution in [2.75, 3.05) is 25.5 Å². The van der Waals surface area contributed by atoms with E-state index >= 15 is 0 Å². The van der Waals surface area contributed by atoms with E-state index in [-0.39, 0.29) is 23.1 Å². The van der Waals surface area contributed by atoms with Crippen LogP contribution in [0.2, 0.25) is 0 Å². The van der Waals surface area contributed by atoms with Crippen LogP contribution in [-0.2, 0) is 10.2 Å². The summed E-state index contributed by atoms with van der Waals surface area (Å²) >= 11 is 0. The molecular weight excluding hydrogens is 355 g/mol. The third-order valence-corrected chi connectivity index (χ3v) is 5.17. The number of anilines is 1. The maximum Gasteiger partial charge on any atom is 0.225 e. The predicted molar refractivity (Wildman–Crippen MR) is 111 cm³/mol. The zero-order chi connectivity index (χ0) is 20.1. The first-order chi connectivity index (χ1) is 13.4.